The van der Waals surface area contributed by atoms with Crippen LogP contribution in [-0.2, 0) is 9.47 Å². The summed E-state index contributed by atoms with van der Waals surface area (Å²) in [7, 11) is 0. The molecular formula is C12H22ClNO2. The second-order valence-electron chi connectivity index (χ2n) is 4.69. The van der Waals surface area contributed by atoms with E-state index >= 15 is 0 Å². The molecule has 0 aromatic rings. The number of hydrogen-bond donors (Lipinski definition) is 0. The molecule has 4 heteroatoms. The van der Waals surface area contributed by atoms with E-state index in [4.69, 9.17) is 21.1 Å². The Morgan fingerprint density at radius 2 is 2.06 bits per heavy atom. The van der Waals surface area contributed by atoms with Crippen LogP contribution in [0.25, 0.3) is 0 Å². The smallest absolute Gasteiger partial charge is 0.0702 e. The van der Waals surface area contributed by atoms with Crippen molar-refractivity contribution >= 4 is 11.6 Å². The van der Waals surface area contributed by atoms with Gasteiger partial charge in [0.15, 0.2) is 0 Å². The van der Waals surface area contributed by atoms with Gasteiger partial charge in [-0.25, -0.2) is 0 Å². The molecule has 94 valence electrons. The molecule has 0 amide bonds. The second kappa shape index (κ2) is 6.80. The molecule has 0 N–H and O–H groups in total. The van der Waals surface area contributed by atoms with Crippen molar-refractivity contribution in [1.29, 1.82) is 0 Å². The number of likely N-dealkylation sites (tertiary alicyclic amines) is 1. The van der Waals surface area contributed by atoms with Crippen LogP contribution in [0.1, 0.15) is 25.7 Å². The summed E-state index contributed by atoms with van der Waals surface area (Å²) >= 11 is 5.61. The van der Waals surface area contributed by atoms with E-state index in [2.05, 4.69) is 4.90 Å². The average Bonchev–Trinajstić information content (AvgIpc) is 2.81. The van der Waals surface area contributed by atoms with Crippen LogP contribution >= 0.6 is 11.6 Å². The molecule has 0 bridgehead atoms. The van der Waals surface area contributed by atoms with E-state index in [1.54, 1.807) is 0 Å². The van der Waals surface area contributed by atoms with Gasteiger partial charge in [0.25, 0.3) is 0 Å². The lowest BCUT2D eigenvalue weighted by Crippen LogP contribution is -2.41. The summed E-state index contributed by atoms with van der Waals surface area (Å²) in [4.78, 5) is 2.51. The van der Waals surface area contributed by atoms with Gasteiger partial charge in [-0.3, -0.25) is 0 Å². The maximum Gasteiger partial charge on any atom is 0.0702 e. The molecule has 2 aliphatic heterocycles. The van der Waals surface area contributed by atoms with E-state index < -0.39 is 0 Å². The lowest BCUT2D eigenvalue weighted by Gasteiger charge is -2.33. The van der Waals surface area contributed by atoms with Gasteiger partial charge in [-0.2, -0.15) is 0 Å². The van der Waals surface area contributed by atoms with Crippen molar-refractivity contribution in [2.45, 2.75) is 37.9 Å². The summed E-state index contributed by atoms with van der Waals surface area (Å²) < 4.78 is 11.3. The minimum atomic E-state index is 0.430. The molecule has 0 aliphatic carbocycles. The Balaban J connectivity index is 1.60. The minimum absolute atomic E-state index is 0.430. The molecule has 2 heterocycles. The van der Waals surface area contributed by atoms with Gasteiger partial charge in [0.1, 0.15) is 0 Å². The predicted molar refractivity (Wildman–Crippen MR) is 65.1 cm³/mol. The largest absolute Gasteiger partial charge is 0.377 e. The molecule has 0 spiro atoms. The third-order valence-corrected chi connectivity index (χ3v) is 3.61. The van der Waals surface area contributed by atoms with Gasteiger partial charge in [0.2, 0.25) is 0 Å². The van der Waals surface area contributed by atoms with Gasteiger partial charge >= 0.3 is 0 Å². The van der Waals surface area contributed by atoms with Crippen LogP contribution in [0.5, 0.6) is 0 Å². The minimum Gasteiger partial charge on any atom is -0.377 e. The van der Waals surface area contributed by atoms with Crippen LogP contribution in [0.3, 0.4) is 0 Å². The van der Waals surface area contributed by atoms with E-state index in [0.29, 0.717) is 24.7 Å². The van der Waals surface area contributed by atoms with Crippen LogP contribution < -0.4 is 0 Å². The van der Waals surface area contributed by atoms with Crippen LogP contribution in [0.2, 0.25) is 0 Å². The van der Waals surface area contributed by atoms with E-state index in [1.807, 2.05) is 0 Å². The van der Waals surface area contributed by atoms with Crippen LogP contribution in [0.15, 0.2) is 0 Å². The van der Waals surface area contributed by atoms with E-state index in [1.165, 1.54) is 12.8 Å². The molecule has 2 rings (SSSR count). The monoisotopic (exact) mass is 247 g/mol. The first-order valence-corrected chi connectivity index (χ1v) is 6.93. The van der Waals surface area contributed by atoms with Gasteiger partial charge in [-0.15, -0.1) is 11.6 Å². The predicted octanol–water partition coefficient (Wildman–Crippen LogP) is 1.89. The summed E-state index contributed by atoms with van der Waals surface area (Å²) in [6.07, 6.45) is 5.68. The summed E-state index contributed by atoms with van der Waals surface area (Å²) in [6.45, 7) is 5.06. The number of piperidine rings is 1. The highest BCUT2D eigenvalue weighted by atomic mass is 35.5. The number of halogens is 1. The van der Waals surface area contributed by atoms with Crippen molar-refractivity contribution in [2.75, 3.05) is 38.7 Å². The van der Waals surface area contributed by atoms with Gasteiger partial charge in [-0.1, -0.05) is 0 Å². The molecule has 0 aromatic carbocycles. The molecule has 16 heavy (non-hydrogen) atoms. The molecule has 2 fully saturated rings. The van der Waals surface area contributed by atoms with Crippen molar-refractivity contribution < 1.29 is 9.47 Å². The van der Waals surface area contributed by atoms with Crippen LogP contribution in [0, 0.1) is 0 Å². The molecule has 2 aliphatic rings. The summed E-state index contributed by atoms with van der Waals surface area (Å²) in [5.74, 6) is 0.607. The Labute approximate surface area is 103 Å². The molecule has 0 saturated carbocycles. The zero-order valence-electron chi connectivity index (χ0n) is 9.87. The van der Waals surface area contributed by atoms with Crippen molar-refractivity contribution in [1.82, 2.24) is 4.90 Å². The van der Waals surface area contributed by atoms with Crippen molar-refractivity contribution in [2.24, 2.45) is 0 Å². The summed E-state index contributed by atoms with van der Waals surface area (Å²) in [5, 5.41) is 0. The Hall–Kier alpha value is 0.170. The quantitative estimate of drug-likeness (QED) is 0.693. The number of nitrogens with zero attached hydrogens (tertiary/aromatic N) is 1. The molecule has 2 saturated heterocycles. The third kappa shape index (κ3) is 3.88. The highest BCUT2D eigenvalue weighted by Crippen LogP contribution is 2.18. The lowest BCUT2D eigenvalue weighted by atomic mass is 10.1. The van der Waals surface area contributed by atoms with Crippen LogP contribution in [0.4, 0.5) is 0 Å². The first kappa shape index (κ1) is 12.6. The van der Waals surface area contributed by atoms with Crippen LogP contribution in [-0.4, -0.2) is 55.8 Å². The summed E-state index contributed by atoms with van der Waals surface area (Å²) in [6, 6.07) is 0. The highest BCUT2D eigenvalue weighted by molar-refractivity contribution is 6.17. The van der Waals surface area contributed by atoms with Gasteiger partial charge in [-0.05, 0) is 25.7 Å². The Kier molecular flexibility index (Phi) is 5.36. The second-order valence-corrected chi connectivity index (χ2v) is 5.07. The number of ether oxygens (including phenoxy) is 2. The fourth-order valence-corrected chi connectivity index (χ4v) is 2.64. The van der Waals surface area contributed by atoms with Crippen molar-refractivity contribution in [3.8, 4) is 0 Å². The molecule has 3 nitrogen and oxygen atoms in total. The first-order chi connectivity index (χ1) is 7.88. The summed E-state index contributed by atoms with van der Waals surface area (Å²) in [5.41, 5.74) is 0. The first-order valence-electron chi connectivity index (χ1n) is 6.40. The lowest BCUT2D eigenvalue weighted by molar-refractivity contribution is 0.000397. The average molecular weight is 248 g/mol. The Morgan fingerprint density at radius 1 is 1.25 bits per heavy atom. The number of rotatable bonds is 5. The molecule has 1 unspecified atom stereocenters. The maximum absolute atomic E-state index is 5.66. The molecule has 1 atom stereocenters. The normalized spacial score (nSPS) is 28.7. The molecular weight excluding hydrogens is 226 g/mol. The Morgan fingerprint density at radius 3 is 2.69 bits per heavy atom. The topological polar surface area (TPSA) is 21.7 Å². The van der Waals surface area contributed by atoms with E-state index in [0.717, 1.165) is 39.1 Å². The zero-order valence-corrected chi connectivity index (χ0v) is 10.6. The fourth-order valence-electron chi connectivity index (χ4n) is 2.55. The van der Waals surface area contributed by atoms with E-state index in [9.17, 15) is 0 Å². The van der Waals surface area contributed by atoms with Crippen molar-refractivity contribution in [3.05, 3.63) is 0 Å². The standard InChI is InChI=1S/C12H22ClNO2/c13-5-9-16-11-3-6-14(7-4-11)10-12-2-1-8-15-12/h11-12H,1-10H2. The fraction of sp³-hybridized carbons (Fsp3) is 1.00. The molecule has 0 radical (unpaired) electrons. The van der Waals surface area contributed by atoms with E-state index in [-0.39, 0.29) is 0 Å². The van der Waals surface area contributed by atoms with Crippen molar-refractivity contribution in [3.63, 3.8) is 0 Å². The number of alkyl halides is 1. The van der Waals surface area contributed by atoms with Gasteiger partial charge < -0.3 is 14.4 Å². The SMILES string of the molecule is ClCCOC1CCN(CC2CCCO2)CC1. The Bertz CT molecular complexity index is 189. The third-order valence-electron chi connectivity index (χ3n) is 3.45. The highest BCUT2D eigenvalue weighted by Gasteiger charge is 2.23. The van der Waals surface area contributed by atoms with Gasteiger partial charge in [0, 0.05) is 32.1 Å². The maximum atomic E-state index is 5.66. The zero-order chi connectivity index (χ0) is 11.2. The van der Waals surface area contributed by atoms with Gasteiger partial charge in [0.05, 0.1) is 18.8 Å². The molecule has 0 aromatic heterocycles. The number of hydrogen-bond acceptors (Lipinski definition) is 3.